The molecule has 1 rings (SSSR count). The molecule has 1 aromatic heterocycles. The van der Waals surface area contributed by atoms with Crippen molar-refractivity contribution in [2.45, 2.75) is 12.6 Å². The maximum absolute atomic E-state index is 12.0. The molecule has 1 heterocycles. The van der Waals surface area contributed by atoms with Gasteiger partial charge in [0.25, 0.3) is 0 Å². The third kappa shape index (κ3) is 2.27. The monoisotopic (exact) mass is 242 g/mol. The van der Waals surface area contributed by atoms with Gasteiger partial charge in [-0.15, -0.1) is 0 Å². The second-order valence-electron chi connectivity index (χ2n) is 2.24. The largest absolute Gasteiger partial charge is 0.469 e. The van der Waals surface area contributed by atoms with E-state index in [1.54, 1.807) is 0 Å². The van der Waals surface area contributed by atoms with Gasteiger partial charge >= 0.3 is 6.18 Å². The highest BCUT2D eigenvalue weighted by molar-refractivity contribution is 9.09. The van der Waals surface area contributed by atoms with Crippen LogP contribution < -0.4 is 0 Å². The fourth-order valence-electron chi connectivity index (χ4n) is 0.754. The van der Waals surface area contributed by atoms with Crippen LogP contribution in [0.25, 0.3) is 0 Å². The summed E-state index contributed by atoms with van der Waals surface area (Å²) in [5.74, 6) is 0.346. The molecule has 1 aromatic rings. The third-order valence-electron chi connectivity index (χ3n) is 1.32. The summed E-state index contributed by atoms with van der Waals surface area (Å²) in [6.07, 6.45) is -3.10. The standard InChI is InChI=1S/C7H6BrF3O/c8-2-1-6-3-5(4-12-6)7(9,10)11/h3-4H,1-2H2. The van der Waals surface area contributed by atoms with E-state index in [9.17, 15) is 13.2 Å². The molecule has 0 aliphatic rings. The van der Waals surface area contributed by atoms with Crippen LogP contribution >= 0.6 is 15.9 Å². The van der Waals surface area contributed by atoms with Gasteiger partial charge in [0.2, 0.25) is 0 Å². The maximum atomic E-state index is 12.0. The van der Waals surface area contributed by atoms with Crippen molar-refractivity contribution in [3.8, 4) is 0 Å². The molecule has 0 aliphatic heterocycles. The van der Waals surface area contributed by atoms with Gasteiger partial charge in [0.05, 0.1) is 5.56 Å². The first kappa shape index (κ1) is 9.64. The number of rotatable bonds is 2. The molecule has 0 unspecified atom stereocenters. The Balaban J connectivity index is 2.77. The lowest BCUT2D eigenvalue weighted by Gasteiger charge is -1.99. The average Bonchev–Trinajstić information content (AvgIpc) is 2.35. The second kappa shape index (κ2) is 3.51. The molecule has 0 saturated carbocycles. The number of aryl methyl sites for hydroxylation is 1. The van der Waals surface area contributed by atoms with Crippen LogP contribution in [0.5, 0.6) is 0 Å². The fraction of sp³-hybridized carbons (Fsp3) is 0.429. The van der Waals surface area contributed by atoms with Crippen LogP contribution in [-0.2, 0) is 12.6 Å². The zero-order chi connectivity index (χ0) is 9.19. The SMILES string of the molecule is FC(F)(F)c1coc(CCBr)c1. The van der Waals surface area contributed by atoms with Gasteiger partial charge in [-0.05, 0) is 6.07 Å². The topological polar surface area (TPSA) is 13.1 Å². The Kier molecular flexibility index (Phi) is 2.82. The minimum atomic E-state index is -4.30. The van der Waals surface area contributed by atoms with Gasteiger partial charge in [0.1, 0.15) is 12.0 Å². The van der Waals surface area contributed by atoms with Crippen molar-refractivity contribution in [1.29, 1.82) is 0 Å². The van der Waals surface area contributed by atoms with Crippen molar-refractivity contribution in [2.75, 3.05) is 5.33 Å². The number of alkyl halides is 4. The number of hydrogen-bond donors (Lipinski definition) is 0. The molecule has 0 fully saturated rings. The van der Waals surface area contributed by atoms with Crippen LogP contribution in [-0.4, -0.2) is 5.33 Å². The summed E-state index contributed by atoms with van der Waals surface area (Å²) in [5, 5.41) is 0.595. The van der Waals surface area contributed by atoms with Crippen molar-refractivity contribution in [1.82, 2.24) is 0 Å². The van der Waals surface area contributed by atoms with E-state index in [2.05, 4.69) is 20.3 Å². The molecular formula is C7H6BrF3O. The first-order chi connectivity index (χ1) is 5.54. The van der Waals surface area contributed by atoms with Crippen LogP contribution in [0.15, 0.2) is 16.7 Å². The second-order valence-corrected chi connectivity index (χ2v) is 3.03. The van der Waals surface area contributed by atoms with E-state index >= 15 is 0 Å². The number of furan rings is 1. The molecule has 0 radical (unpaired) electrons. The summed E-state index contributed by atoms with van der Waals surface area (Å²) in [4.78, 5) is 0. The fourth-order valence-corrected chi connectivity index (χ4v) is 1.14. The molecule has 1 nitrogen and oxygen atoms in total. The Morgan fingerprint density at radius 1 is 1.42 bits per heavy atom. The van der Waals surface area contributed by atoms with Crippen LogP contribution in [0.2, 0.25) is 0 Å². The van der Waals surface area contributed by atoms with Crippen LogP contribution in [0.3, 0.4) is 0 Å². The van der Waals surface area contributed by atoms with E-state index in [0.29, 0.717) is 17.5 Å². The van der Waals surface area contributed by atoms with Gasteiger partial charge in [0, 0.05) is 11.8 Å². The van der Waals surface area contributed by atoms with Gasteiger partial charge in [0.15, 0.2) is 0 Å². The zero-order valence-corrected chi connectivity index (χ0v) is 7.58. The summed E-state index contributed by atoms with van der Waals surface area (Å²) >= 11 is 3.10. The van der Waals surface area contributed by atoms with Crippen molar-refractivity contribution in [3.05, 3.63) is 23.7 Å². The third-order valence-corrected chi connectivity index (χ3v) is 1.72. The summed E-state index contributed by atoms with van der Waals surface area (Å²) in [6, 6.07) is 1.02. The molecule has 5 heteroatoms. The first-order valence-corrected chi connectivity index (χ1v) is 4.37. The molecule has 0 N–H and O–H groups in total. The molecule has 0 atom stereocenters. The molecule has 0 saturated heterocycles. The van der Waals surface area contributed by atoms with Crippen LogP contribution in [0.1, 0.15) is 11.3 Å². The normalized spacial score (nSPS) is 12.0. The van der Waals surface area contributed by atoms with Gasteiger partial charge in [-0.1, -0.05) is 15.9 Å². The summed E-state index contributed by atoms with van der Waals surface area (Å²) in [7, 11) is 0. The zero-order valence-electron chi connectivity index (χ0n) is 5.99. The van der Waals surface area contributed by atoms with Gasteiger partial charge in [-0.3, -0.25) is 0 Å². The molecule has 0 amide bonds. The molecule has 12 heavy (non-hydrogen) atoms. The lowest BCUT2D eigenvalue weighted by Crippen LogP contribution is -2.02. The Bertz CT molecular complexity index is 253. The van der Waals surface area contributed by atoms with Crippen LogP contribution in [0, 0.1) is 0 Å². The molecular weight excluding hydrogens is 237 g/mol. The highest BCUT2D eigenvalue weighted by atomic mass is 79.9. The van der Waals surface area contributed by atoms with E-state index in [1.165, 1.54) is 0 Å². The Labute approximate surface area is 75.7 Å². The summed E-state index contributed by atoms with van der Waals surface area (Å²) < 4.78 is 40.6. The predicted molar refractivity (Wildman–Crippen MR) is 41.2 cm³/mol. The highest BCUT2D eigenvalue weighted by Crippen LogP contribution is 2.30. The average molecular weight is 243 g/mol. The van der Waals surface area contributed by atoms with Gasteiger partial charge in [-0.2, -0.15) is 13.2 Å². The van der Waals surface area contributed by atoms with Crippen LogP contribution in [0.4, 0.5) is 13.2 Å². The van der Waals surface area contributed by atoms with E-state index in [0.717, 1.165) is 12.3 Å². The van der Waals surface area contributed by atoms with Crippen molar-refractivity contribution >= 4 is 15.9 Å². The number of hydrogen-bond acceptors (Lipinski definition) is 1. The molecule has 68 valence electrons. The quantitative estimate of drug-likeness (QED) is 0.726. The van der Waals surface area contributed by atoms with E-state index < -0.39 is 11.7 Å². The van der Waals surface area contributed by atoms with Gasteiger partial charge in [-0.25, -0.2) is 0 Å². The van der Waals surface area contributed by atoms with Crippen molar-refractivity contribution < 1.29 is 17.6 Å². The van der Waals surface area contributed by atoms with Gasteiger partial charge < -0.3 is 4.42 Å². The maximum Gasteiger partial charge on any atom is 0.419 e. The Morgan fingerprint density at radius 3 is 2.50 bits per heavy atom. The minimum Gasteiger partial charge on any atom is -0.469 e. The number of halogens is 4. The predicted octanol–water partition coefficient (Wildman–Crippen LogP) is 3.24. The Morgan fingerprint density at radius 2 is 2.08 bits per heavy atom. The van der Waals surface area contributed by atoms with Crippen molar-refractivity contribution in [3.63, 3.8) is 0 Å². The van der Waals surface area contributed by atoms with Crippen molar-refractivity contribution in [2.24, 2.45) is 0 Å². The molecule has 0 bridgehead atoms. The summed E-state index contributed by atoms with van der Waals surface area (Å²) in [6.45, 7) is 0. The molecule has 0 aliphatic carbocycles. The molecule has 0 spiro atoms. The van der Waals surface area contributed by atoms with E-state index in [4.69, 9.17) is 0 Å². The van der Waals surface area contributed by atoms with E-state index in [1.807, 2.05) is 0 Å². The minimum absolute atomic E-state index is 0.346. The smallest absolute Gasteiger partial charge is 0.419 e. The highest BCUT2D eigenvalue weighted by Gasteiger charge is 2.32. The lowest BCUT2D eigenvalue weighted by molar-refractivity contribution is -0.137. The molecule has 0 aromatic carbocycles. The first-order valence-electron chi connectivity index (χ1n) is 3.24. The van der Waals surface area contributed by atoms with E-state index in [-0.39, 0.29) is 0 Å². The Hall–Kier alpha value is -0.450. The summed E-state index contributed by atoms with van der Waals surface area (Å²) in [5.41, 5.74) is -0.724. The lowest BCUT2D eigenvalue weighted by atomic mass is 10.3.